The summed E-state index contributed by atoms with van der Waals surface area (Å²) >= 11 is 0. The van der Waals surface area contributed by atoms with Crippen LogP contribution in [-0.4, -0.2) is 13.7 Å². The van der Waals surface area contributed by atoms with Gasteiger partial charge in [0.2, 0.25) is 0 Å². The Hall–Kier alpha value is -1.87. The maximum atomic E-state index is 13.8. The van der Waals surface area contributed by atoms with Crippen LogP contribution in [-0.2, 0) is 13.0 Å². The first-order valence-electron chi connectivity index (χ1n) is 6.89. The summed E-state index contributed by atoms with van der Waals surface area (Å²) in [5.74, 6) is 0.900. The minimum absolute atomic E-state index is 0.217. The second-order valence-corrected chi connectivity index (χ2v) is 5.19. The molecule has 104 valence electrons. The lowest BCUT2D eigenvalue weighted by Crippen LogP contribution is -2.29. The van der Waals surface area contributed by atoms with Crippen LogP contribution in [0.1, 0.15) is 22.6 Å². The Kier molecular flexibility index (Phi) is 3.70. The first-order chi connectivity index (χ1) is 9.78. The summed E-state index contributed by atoms with van der Waals surface area (Å²) in [5, 5.41) is 3.34. The molecule has 2 aromatic rings. The molecule has 0 aliphatic heterocycles. The lowest BCUT2D eigenvalue weighted by atomic mass is 9.77. The zero-order valence-corrected chi connectivity index (χ0v) is 11.5. The molecule has 2 aromatic carbocycles. The van der Waals surface area contributed by atoms with E-state index in [-0.39, 0.29) is 5.82 Å². The fourth-order valence-corrected chi connectivity index (χ4v) is 2.72. The van der Waals surface area contributed by atoms with Gasteiger partial charge in [0.1, 0.15) is 11.6 Å². The Morgan fingerprint density at radius 3 is 2.85 bits per heavy atom. The van der Waals surface area contributed by atoms with Crippen LogP contribution in [0.4, 0.5) is 4.39 Å². The lowest BCUT2D eigenvalue weighted by molar-refractivity contribution is 0.410. The molecule has 1 aliphatic rings. The molecule has 1 atom stereocenters. The monoisotopic (exact) mass is 271 g/mol. The van der Waals surface area contributed by atoms with Gasteiger partial charge in [-0.1, -0.05) is 30.3 Å². The van der Waals surface area contributed by atoms with Crippen molar-refractivity contribution in [3.63, 3.8) is 0 Å². The molecule has 0 heterocycles. The number of benzene rings is 2. The number of hydrogen-bond donors (Lipinski definition) is 1. The van der Waals surface area contributed by atoms with Crippen molar-refractivity contribution in [1.29, 1.82) is 0 Å². The van der Waals surface area contributed by atoms with Gasteiger partial charge in [-0.3, -0.25) is 0 Å². The second-order valence-electron chi connectivity index (χ2n) is 5.19. The van der Waals surface area contributed by atoms with E-state index in [0.717, 1.165) is 13.0 Å². The predicted molar refractivity (Wildman–Crippen MR) is 77.5 cm³/mol. The minimum Gasteiger partial charge on any atom is -0.497 e. The summed E-state index contributed by atoms with van der Waals surface area (Å²) in [4.78, 5) is 0. The van der Waals surface area contributed by atoms with E-state index in [1.165, 1.54) is 17.2 Å². The third-order valence-electron chi connectivity index (χ3n) is 3.93. The zero-order chi connectivity index (χ0) is 13.9. The Labute approximate surface area is 118 Å². The molecular weight excluding hydrogens is 253 g/mol. The highest BCUT2D eigenvalue weighted by Crippen LogP contribution is 2.34. The molecule has 0 spiro atoms. The van der Waals surface area contributed by atoms with Crippen LogP contribution in [0.25, 0.3) is 0 Å². The van der Waals surface area contributed by atoms with E-state index in [4.69, 9.17) is 4.74 Å². The maximum absolute atomic E-state index is 13.8. The third-order valence-corrected chi connectivity index (χ3v) is 3.93. The van der Waals surface area contributed by atoms with Crippen LogP contribution in [0.15, 0.2) is 42.5 Å². The number of ether oxygens (including phenoxy) is 1. The zero-order valence-electron chi connectivity index (χ0n) is 11.5. The van der Waals surface area contributed by atoms with Crippen LogP contribution in [0, 0.1) is 5.82 Å². The van der Waals surface area contributed by atoms with Gasteiger partial charge in [0.05, 0.1) is 7.11 Å². The van der Waals surface area contributed by atoms with Crippen molar-refractivity contribution < 1.29 is 9.13 Å². The van der Waals surface area contributed by atoms with E-state index in [2.05, 4.69) is 29.6 Å². The molecule has 3 heteroatoms. The SMILES string of the molecule is COc1ccc(CNCC2Cc3ccccc32)c(F)c1. The van der Waals surface area contributed by atoms with Gasteiger partial charge in [-0.15, -0.1) is 0 Å². The molecule has 1 unspecified atom stereocenters. The molecule has 0 fully saturated rings. The predicted octanol–water partition coefficient (Wildman–Crippen LogP) is 3.26. The van der Waals surface area contributed by atoms with Gasteiger partial charge in [0.25, 0.3) is 0 Å². The van der Waals surface area contributed by atoms with Crippen molar-refractivity contribution >= 4 is 0 Å². The van der Waals surface area contributed by atoms with E-state index in [1.807, 2.05) is 0 Å². The van der Waals surface area contributed by atoms with Crippen molar-refractivity contribution in [3.8, 4) is 5.75 Å². The second kappa shape index (κ2) is 5.63. The van der Waals surface area contributed by atoms with Crippen molar-refractivity contribution in [1.82, 2.24) is 5.32 Å². The highest BCUT2D eigenvalue weighted by Gasteiger charge is 2.24. The molecule has 0 saturated carbocycles. The van der Waals surface area contributed by atoms with Gasteiger partial charge in [0, 0.05) is 30.6 Å². The van der Waals surface area contributed by atoms with Crippen molar-refractivity contribution in [2.45, 2.75) is 18.9 Å². The van der Waals surface area contributed by atoms with Gasteiger partial charge >= 0.3 is 0 Å². The first kappa shape index (κ1) is 13.1. The highest BCUT2D eigenvalue weighted by atomic mass is 19.1. The average Bonchev–Trinajstić information content (AvgIpc) is 2.45. The fraction of sp³-hybridized carbons (Fsp3) is 0.294. The van der Waals surface area contributed by atoms with E-state index in [9.17, 15) is 4.39 Å². The Balaban J connectivity index is 1.54. The Morgan fingerprint density at radius 1 is 1.25 bits per heavy atom. The number of fused-ring (bicyclic) bond motifs is 1. The topological polar surface area (TPSA) is 21.3 Å². The fourth-order valence-electron chi connectivity index (χ4n) is 2.72. The Bertz CT molecular complexity index is 612. The van der Waals surface area contributed by atoms with E-state index in [0.29, 0.717) is 23.8 Å². The largest absolute Gasteiger partial charge is 0.497 e. The average molecular weight is 271 g/mol. The standard InChI is InChI=1S/C17H18FNO/c1-20-15-7-6-13(17(18)9-15)10-19-11-14-8-12-4-2-3-5-16(12)14/h2-7,9,14,19H,8,10-11H2,1H3. The van der Waals surface area contributed by atoms with E-state index in [1.54, 1.807) is 19.2 Å². The molecule has 1 N–H and O–H groups in total. The molecule has 1 aliphatic carbocycles. The van der Waals surface area contributed by atoms with E-state index < -0.39 is 0 Å². The molecule has 20 heavy (non-hydrogen) atoms. The van der Waals surface area contributed by atoms with Crippen LogP contribution in [0.3, 0.4) is 0 Å². The molecular formula is C17H18FNO. The summed E-state index contributed by atoms with van der Waals surface area (Å²) in [7, 11) is 1.54. The molecule has 3 rings (SSSR count). The first-order valence-corrected chi connectivity index (χ1v) is 6.89. The van der Waals surface area contributed by atoms with Gasteiger partial charge < -0.3 is 10.1 Å². The molecule has 0 radical (unpaired) electrons. The number of hydrogen-bond acceptors (Lipinski definition) is 2. The quantitative estimate of drug-likeness (QED) is 0.901. The summed E-state index contributed by atoms with van der Waals surface area (Å²) in [6.45, 7) is 1.44. The van der Waals surface area contributed by atoms with Crippen molar-refractivity contribution in [2.75, 3.05) is 13.7 Å². The van der Waals surface area contributed by atoms with Crippen molar-refractivity contribution in [3.05, 3.63) is 65.0 Å². The van der Waals surface area contributed by atoms with Gasteiger partial charge in [-0.25, -0.2) is 4.39 Å². The normalized spacial score (nSPS) is 16.4. The van der Waals surface area contributed by atoms with Crippen molar-refractivity contribution in [2.24, 2.45) is 0 Å². The smallest absolute Gasteiger partial charge is 0.131 e. The molecule has 0 amide bonds. The molecule has 0 bridgehead atoms. The Morgan fingerprint density at radius 2 is 2.10 bits per heavy atom. The van der Waals surface area contributed by atoms with Gasteiger partial charge in [-0.2, -0.15) is 0 Å². The molecule has 2 nitrogen and oxygen atoms in total. The molecule has 0 saturated heterocycles. The third kappa shape index (κ3) is 2.54. The highest BCUT2D eigenvalue weighted by molar-refractivity contribution is 5.40. The lowest BCUT2D eigenvalue weighted by Gasteiger charge is -2.30. The van der Waals surface area contributed by atoms with Gasteiger partial charge in [-0.05, 0) is 23.6 Å². The minimum atomic E-state index is -0.217. The molecule has 0 aromatic heterocycles. The number of halogens is 1. The maximum Gasteiger partial charge on any atom is 0.131 e. The van der Waals surface area contributed by atoms with Gasteiger partial charge in [0.15, 0.2) is 0 Å². The number of nitrogens with one attached hydrogen (secondary N) is 1. The summed E-state index contributed by atoms with van der Waals surface area (Å²) in [6.07, 6.45) is 1.12. The number of rotatable bonds is 5. The van der Waals surface area contributed by atoms with Crippen LogP contribution in [0.5, 0.6) is 5.75 Å². The van der Waals surface area contributed by atoms with Crippen LogP contribution < -0.4 is 10.1 Å². The number of methoxy groups -OCH3 is 1. The summed E-state index contributed by atoms with van der Waals surface area (Å²) < 4.78 is 18.8. The summed E-state index contributed by atoms with van der Waals surface area (Å²) in [6, 6.07) is 13.5. The summed E-state index contributed by atoms with van der Waals surface area (Å²) in [5.41, 5.74) is 3.54. The van der Waals surface area contributed by atoms with E-state index >= 15 is 0 Å². The van der Waals surface area contributed by atoms with Crippen LogP contribution >= 0.6 is 0 Å². The van der Waals surface area contributed by atoms with Crippen LogP contribution in [0.2, 0.25) is 0 Å².